The van der Waals surface area contributed by atoms with Crippen molar-refractivity contribution in [2.24, 2.45) is 5.92 Å². The minimum Gasteiger partial charge on any atom is -0.368 e. The molecule has 4 rings (SSSR count). The summed E-state index contributed by atoms with van der Waals surface area (Å²) in [5.41, 5.74) is 4.06. The summed E-state index contributed by atoms with van der Waals surface area (Å²) < 4.78 is 0. The fourth-order valence-electron chi connectivity index (χ4n) is 3.42. The molecule has 2 heteroatoms. The summed E-state index contributed by atoms with van der Waals surface area (Å²) in [6.45, 7) is 3.35. The predicted octanol–water partition coefficient (Wildman–Crippen LogP) is 3.54. The lowest BCUT2D eigenvalue weighted by Crippen LogP contribution is -2.51. The summed E-state index contributed by atoms with van der Waals surface area (Å²) in [6, 6.07) is 20.3. The average molecular weight is 278 g/mol. The largest absolute Gasteiger partial charge is 0.368 e. The maximum absolute atomic E-state index is 3.70. The van der Waals surface area contributed by atoms with Gasteiger partial charge in [0.2, 0.25) is 0 Å². The van der Waals surface area contributed by atoms with E-state index in [1.54, 1.807) is 0 Å². The van der Waals surface area contributed by atoms with Crippen LogP contribution in [0.2, 0.25) is 0 Å². The molecule has 1 aliphatic carbocycles. The van der Waals surface area contributed by atoms with E-state index in [1.807, 2.05) is 0 Å². The Bertz CT molecular complexity index is 604. The molecule has 108 valence electrons. The summed E-state index contributed by atoms with van der Waals surface area (Å²) >= 11 is 0. The van der Waals surface area contributed by atoms with E-state index in [-0.39, 0.29) is 0 Å². The van der Waals surface area contributed by atoms with Crippen LogP contribution in [-0.2, 0) is 0 Å². The monoisotopic (exact) mass is 278 g/mol. The maximum atomic E-state index is 3.70. The molecule has 2 nitrogen and oxygen atoms in total. The van der Waals surface area contributed by atoms with Crippen LogP contribution < -0.4 is 10.2 Å². The second kappa shape index (κ2) is 5.53. The van der Waals surface area contributed by atoms with Crippen LogP contribution in [0.4, 0.5) is 5.69 Å². The second-order valence-corrected chi connectivity index (χ2v) is 6.23. The van der Waals surface area contributed by atoms with Gasteiger partial charge in [-0.3, -0.25) is 0 Å². The molecule has 1 N–H and O–H groups in total. The van der Waals surface area contributed by atoms with E-state index in [1.165, 1.54) is 29.7 Å². The van der Waals surface area contributed by atoms with Crippen molar-refractivity contribution in [3.8, 4) is 11.1 Å². The molecule has 1 aliphatic heterocycles. The van der Waals surface area contributed by atoms with E-state index in [9.17, 15) is 0 Å². The lowest BCUT2D eigenvalue weighted by Gasteiger charge is -2.36. The van der Waals surface area contributed by atoms with Crippen LogP contribution in [0.1, 0.15) is 12.8 Å². The van der Waals surface area contributed by atoms with Crippen molar-refractivity contribution < 1.29 is 0 Å². The molecule has 1 heterocycles. The van der Waals surface area contributed by atoms with E-state index in [2.05, 4.69) is 64.8 Å². The molecule has 1 saturated carbocycles. The zero-order valence-corrected chi connectivity index (χ0v) is 12.3. The molecule has 2 aromatic carbocycles. The normalized spacial score (nSPS) is 22.3. The van der Waals surface area contributed by atoms with Crippen LogP contribution >= 0.6 is 0 Å². The first kappa shape index (κ1) is 12.9. The van der Waals surface area contributed by atoms with Crippen molar-refractivity contribution in [2.45, 2.75) is 18.9 Å². The molecule has 1 atom stereocenters. The summed E-state index contributed by atoms with van der Waals surface area (Å²) in [6.07, 6.45) is 2.82. The van der Waals surface area contributed by atoms with Crippen LogP contribution in [0.5, 0.6) is 0 Å². The van der Waals surface area contributed by atoms with Gasteiger partial charge in [-0.15, -0.1) is 0 Å². The van der Waals surface area contributed by atoms with Gasteiger partial charge in [0.05, 0.1) is 0 Å². The highest BCUT2D eigenvalue weighted by Gasteiger charge is 2.34. The number of para-hydroxylation sites is 1. The number of nitrogens with one attached hydrogen (secondary N) is 1. The zero-order chi connectivity index (χ0) is 14.1. The fourth-order valence-corrected chi connectivity index (χ4v) is 3.42. The molecule has 0 aromatic heterocycles. The fraction of sp³-hybridized carbons (Fsp3) is 0.368. The number of hydrogen-bond donors (Lipinski definition) is 1. The number of anilines is 1. The van der Waals surface area contributed by atoms with Gasteiger partial charge in [-0.2, -0.15) is 0 Å². The maximum Gasteiger partial charge on any atom is 0.0446 e. The first-order valence-corrected chi connectivity index (χ1v) is 8.04. The van der Waals surface area contributed by atoms with E-state index in [0.717, 1.165) is 25.6 Å². The molecular weight excluding hydrogens is 256 g/mol. The van der Waals surface area contributed by atoms with Gasteiger partial charge < -0.3 is 10.2 Å². The molecular formula is C19H22N2. The van der Waals surface area contributed by atoms with Gasteiger partial charge in [-0.05, 0) is 30.4 Å². The summed E-state index contributed by atoms with van der Waals surface area (Å²) in [5, 5.41) is 3.70. The molecule has 0 bridgehead atoms. The first-order valence-electron chi connectivity index (χ1n) is 8.04. The highest BCUT2D eigenvalue weighted by molar-refractivity contribution is 5.78. The first-order chi connectivity index (χ1) is 10.4. The topological polar surface area (TPSA) is 15.3 Å². The summed E-state index contributed by atoms with van der Waals surface area (Å²) in [5.74, 6) is 0.914. The number of benzene rings is 2. The molecule has 0 spiro atoms. The van der Waals surface area contributed by atoms with Crippen molar-refractivity contribution in [3.05, 3.63) is 54.6 Å². The third-order valence-corrected chi connectivity index (χ3v) is 4.73. The van der Waals surface area contributed by atoms with Crippen LogP contribution in [0, 0.1) is 5.92 Å². The Morgan fingerprint density at radius 3 is 2.48 bits per heavy atom. The molecule has 2 fully saturated rings. The van der Waals surface area contributed by atoms with Gasteiger partial charge >= 0.3 is 0 Å². The van der Waals surface area contributed by atoms with Gasteiger partial charge in [0.1, 0.15) is 0 Å². The smallest absolute Gasteiger partial charge is 0.0446 e. The highest BCUT2D eigenvalue weighted by atomic mass is 15.2. The third-order valence-electron chi connectivity index (χ3n) is 4.73. The van der Waals surface area contributed by atoms with Gasteiger partial charge in [0.15, 0.2) is 0 Å². The molecule has 1 saturated heterocycles. The van der Waals surface area contributed by atoms with Crippen molar-refractivity contribution in [1.82, 2.24) is 5.32 Å². The molecule has 21 heavy (non-hydrogen) atoms. The third kappa shape index (κ3) is 2.68. The van der Waals surface area contributed by atoms with Gasteiger partial charge in [0, 0.05) is 36.9 Å². The van der Waals surface area contributed by atoms with Crippen LogP contribution in [-0.4, -0.2) is 25.7 Å². The summed E-state index contributed by atoms with van der Waals surface area (Å²) in [4.78, 5) is 2.57. The number of piperazine rings is 1. The minimum absolute atomic E-state index is 0.683. The highest BCUT2D eigenvalue weighted by Crippen LogP contribution is 2.36. The zero-order valence-electron chi connectivity index (χ0n) is 12.3. The van der Waals surface area contributed by atoms with Crippen molar-refractivity contribution in [2.75, 3.05) is 24.5 Å². The van der Waals surface area contributed by atoms with Crippen molar-refractivity contribution in [1.29, 1.82) is 0 Å². The quantitative estimate of drug-likeness (QED) is 0.924. The van der Waals surface area contributed by atoms with E-state index in [0.29, 0.717) is 6.04 Å². The average Bonchev–Trinajstić information content (AvgIpc) is 3.41. The molecule has 2 aliphatic rings. The van der Waals surface area contributed by atoms with Gasteiger partial charge in [-0.25, -0.2) is 0 Å². The lowest BCUT2D eigenvalue weighted by molar-refractivity contribution is 0.419. The van der Waals surface area contributed by atoms with Crippen LogP contribution in [0.3, 0.4) is 0 Å². The summed E-state index contributed by atoms with van der Waals surface area (Å²) in [7, 11) is 0. The van der Waals surface area contributed by atoms with E-state index < -0.39 is 0 Å². The Morgan fingerprint density at radius 2 is 1.67 bits per heavy atom. The Hall–Kier alpha value is -1.80. The Kier molecular flexibility index (Phi) is 3.40. The number of nitrogens with zero attached hydrogens (tertiary/aromatic N) is 1. The lowest BCUT2D eigenvalue weighted by atomic mass is 10.0. The number of rotatable bonds is 3. The number of hydrogen-bond acceptors (Lipinski definition) is 2. The Labute approximate surface area is 126 Å². The molecule has 0 radical (unpaired) electrons. The SMILES string of the molecule is c1ccc(-c2ccccc2N2CCNC(C3CC3)C2)cc1. The van der Waals surface area contributed by atoms with E-state index in [4.69, 9.17) is 0 Å². The minimum atomic E-state index is 0.683. The van der Waals surface area contributed by atoms with Crippen LogP contribution in [0.15, 0.2) is 54.6 Å². The van der Waals surface area contributed by atoms with Gasteiger partial charge in [0.25, 0.3) is 0 Å². The molecule has 0 amide bonds. The van der Waals surface area contributed by atoms with Crippen molar-refractivity contribution >= 4 is 5.69 Å². The predicted molar refractivity (Wildman–Crippen MR) is 88.6 cm³/mol. The second-order valence-electron chi connectivity index (χ2n) is 6.23. The molecule has 2 aromatic rings. The van der Waals surface area contributed by atoms with Crippen LogP contribution in [0.25, 0.3) is 11.1 Å². The Morgan fingerprint density at radius 1 is 0.905 bits per heavy atom. The standard InChI is InChI=1S/C19H22N2/c1-2-6-15(7-3-1)17-8-4-5-9-19(17)21-13-12-20-18(14-21)16-10-11-16/h1-9,16,18,20H,10-14H2. The van der Waals surface area contributed by atoms with Gasteiger partial charge in [-0.1, -0.05) is 48.5 Å². The van der Waals surface area contributed by atoms with E-state index >= 15 is 0 Å². The molecule has 1 unspecified atom stereocenters. The van der Waals surface area contributed by atoms with Crippen molar-refractivity contribution in [3.63, 3.8) is 0 Å². The Balaban J connectivity index is 1.65.